The van der Waals surface area contributed by atoms with Crippen LogP contribution in [0.5, 0.6) is 0 Å². The molecule has 0 aliphatic carbocycles. The zero-order chi connectivity index (χ0) is 12.4. The number of hydrogen-bond donors (Lipinski definition) is 0. The highest BCUT2D eigenvalue weighted by Gasteiger charge is 2.11. The molecule has 0 aromatic carbocycles. The standard InChI is InChI=1S/C12H22O4/c1-4-16-12(14)6-5-11(13)9-10(2)7-8-15-3/h10H,4-9H2,1-3H3. The van der Waals surface area contributed by atoms with Crippen LogP contribution < -0.4 is 0 Å². The van der Waals surface area contributed by atoms with Gasteiger partial charge in [-0.15, -0.1) is 0 Å². The Morgan fingerprint density at radius 3 is 2.50 bits per heavy atom. The third kappa shape index (κ3) is 8.41. The van der Waals surface area contributed by atoms with E-state index in [1.165, 1.54) is 0 Å². The van der Waals surface area contributed by atoms with E-state index in [0.29, 0.717) is 25.6 Å². The maximum Gasteiger partial charge on any atom is 0.306 e. The first-order valence-corrected chi connectivity index (χ1v) is 5.76. The molecule has 0 amide bonds. The molecule has 1 unspecified atom stereocenters. The van der Waals surface area contributed by atoms with Gasteiger partial charge in [-0.1, -0.05) is 6.92 Å². The first kappa shape index (κ1) is 15.1. The zero-order valence-electron chi connectivity index (χ0n) is 10.5. The molecular weight excluding hydrogens is 208 g/mol. The number of methoxy groups -OCH3 is 1. The average Bonchev–Trinajstić information content (AvgIpc) is 2.24. The van der Waals surface area contributed by atoms with E-state index in [1.54, 1.807) is 14.0 Å². The van der Waals surface area contributed by atoms with Crippen molar-refractivity contribution in [2.24, 2.45) is 5.92 Å². The van der Waals surface area contributed by atoms with Gasteiger partial charge in [0.2, 0.25) is 0 Å². The number of ketones is 1. The topological polar surface area (TPSA) is 52.6 Å². The number of Topliss-reactive ketones (excluding diaryl/α,β-unsaturated/α-hetero) is 1. The van der Waals surface area contributed by atoms with Crippen molar-refractivity contribution in [1.29, 1.82) is 0 Å². The summed E-state index contributed by atoms with van der Waals surface area (Å²) in [5.41, 5.74) is 0. The number of carbonyl (C=O) groups is 2. The fourth-order valence-corrected chi connectivity index (χ4v) is 1.39. The summed E-state index contributed by atoms with van der Waals surface area (Å²) in [4.78, 5) is 22.5. The monoisotopic (exact) mass is 230 g/mol. The molecule has 16 heavy (non-hydrogen) atoms. The summed E-state index contributed by atoms with van der Waals surface area (Å²) < 4.78 is 9.69. The van der Waals surface area contributed by atoms with Gasteiger partial charge in [0.25, 0.3) is 0 Å². The molecule has 94 valence electrons. The summed E-state index contributed by atoms with van der Waals surface area (Å²) >= 11 is 0. The van der Waals surface area contributed by atoms with Crippen LogP contribution in [-0.2, 0) is 19.1 Å². The Hall–Kier alpha value is -0.900. The van der Waals surface area contributed by atoms with Crippen molar-refractivity contribution in [3.63, 3.8) is 0 Å². The van der Waals surface area contributed by atoms with Gasteiger partial charge in [0.05, 0.1) is 13.0 Å². The Kier molecular flexibility index (Phi) is 8.81. The van der Waals surface area contributed by atoms with Gasteiger partial charge in [0, 0.05) is 26.6 Å². The van der Waals surface area contributed by atoms with Crippen LogP contribution in [0, 0.1) is 5.92 Å². The van der Waals surface area contributed by atoms with Gasteiger partial charge in [0.15, 0.2) is 0 Å². The van der Waals surface area contributed by atoms with Crippen molar-refractivity contribution in [2.45, 2.75) is 39.5 Å². The highest BCUT2D eigenvalue weighted by atomic mass is 16.5. The van der Waals surface area contributed by atoms with Gasteiger partial charge in [-0.25, -0.2) is 0 Å². The zero-order valence-corrected chi connectivity index (χ0v) is 10.5. The summed E-state index contributed by atoms with van der Waals surface area (Å²) in [5, 5.41) is 0. The molecular formula is C12H22O4. The number of hydrogen-bond acceptors (Lipinski definition) is 4. The van der Waals surface area contributed by atoms with Gasteiger partial charge >= 0.3 is 5.97 Å². The van der Waals surface area contributed by atoms with Gasteiger partial charge in [-0.3, -0.25) is 9.59 Å². The van der Waals surface area contributed by atoms with Gasteiger partial charge < -0.3 is 9.47 Å². The third-order valence-electron chi connectivity index (χ3n) is 2.30. The van der Waals surface area contributed by atoms with Crippen molar-refractivity contribution in [1.82, 2.24) is 0 Å². The Morgan fingerprint density at radius 2 is 1.94 bits per heavy atom. The van der Waals surface area contributed by atoms with Crippen LogP contribution in [0.3, 0.4) is 0 Å². The molecule has 0 rings (SSSR count). The molecule has 1 atom stereocenters. The maximum atomic E-state index is 11.5. The van der Waals surface area contributed by atoms with Crippen molar-refractivity contribution in [2.75, 3.05) is 20.3 Å². The van der Waals surface area contributed by atoms with E-state index in [0.717, 1.165) is 6.42 Å². The van der Waals surface area contributed by atoms with E-state index in [-0.39, 0.29) is 24.6 Å². The first-order valence-electron chi connectivity index (χ1n) is 5.76. The van der Waals surface area contributed by atoms with Crippen molar-refractivity contribution >= 4 is 11.8 Å². The summed E-state index contributed by atoms with van der Waals surface area (Å²) in [6, 6.07) is 0. The number of esters is 1. The minimum atomic E-state index is -0.291. The van der Waals surface area contributed by atoms with Crippen LogP contribution >= 0.6 is 0 Å². The largest absolute Gasteiger partial charge is 0.466 e. The van der Waals surface area contributed by atoms with E-state index in [2.05, 4.69) is 0 Å². The smallest absolute Gasteiger partial charge is 0.306 e. The number of ether oxygens (including phenoxy) is 2. The van der Waals surface area contributed by atoms with Crippen molar-refractivity contribution < 1.29 is 19.1 Å². The lowest BCUT2D eigenvalue weighted by molar-refractivity contribution is -0.144. The summed E-state index contributed by atoms with van der Waals surface area (Å²) in [7, 11) is 1.65. The lowest BCUT2D eigenvalue weighted by Gasteiger charge is -2.09. The van der Waals surface area contributed by atoms with E-state index in [4.69, 9.17) is 9.47 Å². The summed E-state index contributed by atoms with van der Waals surface area (Å²) in [6.07, 6.45) is 1.88. The minimum absolute atomic E-state index is 0.122. The van der Waals surface area contributed by atoms with E-state index >= 15 is 0 Å². The molecule has 0 aromatic heterocycles. The second-order valence-corrected chi connectivity index (χ2v) is 3.93. The fraction of sp³-hybridized carbons (Fsp3) is 0.833. The maximum absolute atomic E-state index is 11.5. The fourth-order valence-electron chi connectivity index (χ4n) is 1.39. The number of carbonyl (C=O) groups excluding carboxylic acids is 2. The molecule has 0 fully saturated rings. The lowest BCUT2D eigenvalue weighted by atomic mass is 9.99. The molecule has 0 radical (unpaired) electrons. The Balaban J connectivity index is 3.61. The first-order chi connectivity index (χ1) is 7.60. The summed E-state index contributed by atoms with van der Waals surface area (Å²) in [5.74, 6) is 0.145. The van der Waals surface area contributed by atoms with Crippen molar-refractivity contribution in [3.05, 3.63) is 0 Å². The average molecular weight is 230 g/mol. The van der Waals surface area contributed by atoms with Crippen LogP contribution in [0.15, 0.2) is 0 Å². The van der Waals surface area contributed by atoms with Gasteiger partial charge in [-0.2, -0.15) is 0 Å². The quantitative estimate of drug-likeness (QED) is 0.568. The predicted octanol–water partition coefficient (Wildman–Crippen LogP) is 1.96. The molecule has 0 spiro atoms. The SMILES string of the molecule is CCOC(=O)CCC(=O)CC(C)CCOC. The molecule has 0 saturated carbocycles. The van der Waals surface area contributed by atoms with Crippen LogP contribution in [0.2, 0.25) is 0 Å². The lowest BCUT2D eigenvalue weighted by Crippen LogP contribution is -2.11. The van der Waals surface area contributed by atoms with E-state index in [9.17, 15) is 9.59 Å². The van der Waals surface area contributed by atoms with Crippen molar-refractivity contribution in [3.8, 4) is 0 Å². The molecule has 4 heteroatoms. The number of rotatable bonds is 9. The molecule has 0 aliphatic rings. The van der Waals surface area contributed by atoms with Gasteiger partial charge in [-0.05, 0) is 19.3 Å². The highest BCUT2D eigenvalue weighted by Crippen LogP contribution is 2.10. The third-order valence-corrected chi connectivity index (χ3v) is 2.30. The molecule has 0 aliphatic heterocycles. The molecule has 0 N–H and O–H groups in total. The van der Waals surface area contributed by atoms with Crippen LogP contribution in [0.25, 0.3) is 0 Å². The summed E-state index contributed by atoms with van der Waals surface area (Å²) in [6.45, 7) is 4.82. The van der Waals surface area contributed by atoms with E-state index in [1.807, 2.05) is 6.92 Å². The van der Waals surface area contributed by atoms with Crippen LogP contribution in [0.4, 0.5) is 0 Å². The molecule has 0 bridgehead atoms. The van der Waals surface area contributed by atoms with E-state index < -0.39 is 0 Å². The Labute approximate surface area is 97.3 Å². The Morgan fingerprint density at radius 1 is 1.25 bits per heavy atom. The molecule has 0 saturated heterocycles. The molecule has 4 nitrogen and oxygen atoms in total. The second-order valence-electron chi connectivity index (χ2n) is 3.93. The minimum Gasteiger partial charge on any atom is -0.466 e. The molecule has 0 aromatic rings. The van der Waals surface area contributed by atoms with Gasteiger partial charge in [0.1, 0.15) is 5.78 Å². The predicted molar refractivity (Wildman–Crippen MR) is 61.1 cm³/mol. The highest BCUT2D eigenvalue weighted by molar-refractivity contribution is 5.83. The van der Waals surface area contributed by atoms with Crippen LogP contribution in [0.1, 0.15) is 39.5 Å². The Bertz CT molecular complexity index is 213. The van der Waals surface area contributed by atoms with Crippen LogP contribution in [-0.4, -0.2) is 32.1 Å². The second kappa shape index (κ2) is 9.33. The normalized spacial score (nSPS) is 12.2. The molecule has 0 heterocycles.